The number of aryl methyl sites for hydroxylation is 2. The van der Waals surface area contributed by atoms with Gasteiger partial charge in [0.15, 0.2) is 11.5 Å². The van der Waals surface area contributed by atoms with E-state index >= 15 is 0 Å². The van der Waals surface area contributed by atoms with Crippen LogP contribution in [0.25, 0.3) is 0 Å². The van der Waals surface area contributed by atoms with Crippen LogP contribution in [0.2, 0.25) is 0 Å². The van der Waals surface area contributed by atoms with E-state index in [-0.39, 0.29) is 5.91 Å². The van der Waals surface area contributed by atoms with Crippen LogP contribution in [0.1, 0.15) is 71.3 Å². The van der Waals surface area contributed by atoms with Crippen molar-refractivity contribution in [3.63, 3.8) is 0 Å². The monoisotopic (exact) mass is 301 g/mol. The van der Waals surface area contributed by atoms with Gasteiger partial charge in [0.05, 0.1) is 0 Å². The van der Waals surface area contributed by atoms with Crippen LogP contribution in [-0.2, 0) is 12.8 Å². The van der Waals surface area contributed by atoms with E-state index in [4.69, 9.17) is 9.05 Å². The molecule has 0 aliphatic heterocycles. The van der Waals surface area contributed by atoms with Crippen LogP contribution >= 0.6 is 0 Å². The van der Waals surface area contributed by atoms with Crippen molar-refractivity contribution in [3.05, 3.63) is 28.5 Å². The van der Waals surface area contributed by atoms with E-state index in [0.29, 0.717) is 23.0 Å². The van der Waals surface area contributed by atoms with Crippen molar-refractivity contribution < 1.29 is 13.8 Å². The summed E-state index contributed by atoms with van der Waals surface area (Å²) in [6, 6.07) is 0. The molecule has 1 N–H and O–H groups in total. The first-order chi connectivity index (χ1) is 10.7. The Labute approximate surface area is 128 Å². The number of nitrogens with zero attached hydrogens (tertiary/aromatic N) is 2. The Morgan fingerprint density at radius 3 is 2.77 bits per heavy atom. The van der Waals surface area contributed by atoms with Crippen LogP contribution < -0.4 is 5.32 Å². The molecule has 2 heterocycles. The smallest absolute Gasteiger partial charge is 0.278 e. The zero-order valence-corrected chi connectivity index (χ0v) is 12.6. The number of carbonyl (C=O) groups excluding carboxylic acids is 1. The molecule has 0 unspecified atom stereocenters. The van der Waals surface area contributed by atoms with E-state index in [0.717, 1.165) is 55.6 Å². The molecule has 0 saturated heterocycles. The molecule has 2 aliphatic carbocycles. The number of rotatable bonds is 3. The molecule has 2 aliphatic rings. The van der Waals surface area contributed by atoms with Crippen LogP contribution in [0.15, 0.2) is 9.05 Å². The molecule has 0 bridgehead atoms. The maximum atomic E-state index is 12.6. The van der Waals surface area contributed by atoms with E-state index in [9.17, 15) is 4.79 Å². The number of anilines is 1. The summed E-state index contributed by atoms with van der Waals surface area (Å²) in [5.41, 5.74) is 2.80. The van der Waals surface area contributed by atoms with E-state index < -0.39 is 0 Å². The summed E-state index contributed by atoms with van der Waals surface area (Å²) < 4.78 is 10.7. The Morgan fingerprint density at radius 2 is 1.95 bits per heavy atom. The zero-order chi connectivity index (χ0) is 15.1. The van der Waals surface area contributed by atoms with Crippen LogP contribution in [0.4, 0.5) is 5.69 Å². The summed E-state index contributed by atoms with van der Waals surface area (Å²) in [5.74, 6) is 1.83. The minimum Gasteiger partial charge on any atom is -0.360 e. The molecule has 1 fully saturated rings. The molecule has 0 spiro atoms. The number of fused-ring (bicyclic) bond motifs is 1. The lowest BCUT2D eigenvalue weighted by atomic mass is 10.1. The van der Waals surface area contributed by atoms with Gasteiger partial charge in [-0.2, -0.15) is 0 Å². The molecule has 6 heteroatoms. The van der Waals surface area contributed by atoms with Gasteiger partial charge in [-0.25, -0.2) is 0 Å². The van der Waals surface area contributed by atoms with Gasteiger partial charge in [-0.3, -0.25) is 4.79 Å². The third-order valence-electron chi connectivity index (χ3n) is 4.49. The first-order valence-electron chi connectivity index (χ1n) is 7.99. The Balaban J connectivity index is 1.60. The number of hydrogen-bond acceptors (Lipinski definition) is 5. The average molecular weight is 301 g/mol. The Bertz CT molecular complexity index is 712. The third kappa shape index (κ3) is 2.32. The highest BCUT2D eigenvalue weighted by atomic mass is 16.5. The third-order valence-corrected chi connectivity index (χ3v) is 4.49. The molecule has 4 rings (SSSR count). The van der Waals surface area contributed by atoms with Crippen molar-refractivity contribution >= 4 is 11.6 Å². The van der Waals surface area contributed by atoms with Gasteiger partial charge in [-0.15, -0.1) is 0 Å². The summed E-state index contributed by atoms with van der Waals surface area (Å²) in [6.45, 7) is 1.84. The number of aromatic nitrogens is 2. The number of nitrogens with one attached hydrogen (secondary N) is 1. The van der Waals surface area contributed by atoms with Crippen LogP contribution in [0.5, 0.6) is 0 Å². The molecule has 116 valence electrons. The first-order valence-corrected chi connectivity index (χ1v) is 7.99. The molecule has 0 atom stereocenters. The Hall–Kier alpha value is -2.11. The van der Waals surface area contributed by atoms with Crippen molar-refractivity contribution in [3.8, 4) is 0 Å². The second kappa shape index (κ2) is 5.26. The second-order valence-electron chi connectivity index (χ2n) is 6.23. The highest BCUT2D eigenvalue weighted by Gasteiger charge is 2.33. The fraction of sp³-hybridized carbons (Fsp3) is 0.562. The average Bonchev–Trinajstić information content (AvgIpc) is 3.24. The number of carbonyl (C=O) groups is 1. The lowest BCUT2D eigenvalue weighted by Crippen LogP contribution is -2.15. The van der Waals surface area contributed by atoms with Crippen LogP contribution in [-0.4, -0.2) is 16.2 Å². The van der Waals surface area contributed by atoms with Crippen molar-refractivity contribution in [2.75, 3.05) is 5.32 Å². The molecule has 22 heavy (non-hydrogen) atoms. The molecule has 6 nitrogen and oxygen atoms in total. The highest BCUT2D eigenvalue weighted by molar-refractivity contribution is 6.04. The Kier molecular flexibility index (Phi) is 3.24. The topological polar surface area (TPSA) is 81.2 Å². The summed E-state index contributed by atoms with van der Waals surface area (Å²) >= 11 is 0. The molecule has 2 aromatic rings. The summed E-state index contributed by atoms with van der Waals surface area (Å²) in [4.78, 5) is 12.6. The fourth-order valence-corrected chi connectivity index (χ4v) is 3.08. The van der Waals surface area contributed by atoms with Crippen molar-refractivity contribution in [1.29, 1.82) is 0 Å². The summed E-state index contributed by atoms with van der Waals surface area (Å²) in [5, 5.41) is 10.9. The van der Waals surface area contributed by atoms with E-state index in [1.807, 2.05) is 6.92 Å². The van der Waals surface area contributed by atoms with Crippen LogP contribution in [0, 0.1) is 6.92 Å². The van der Waals surface area contributed by atoms with Gasteiger partial charge in [0.25, 0.3) is 5.91 Å². The lowest BCUT2D eigenvalue weighted by Gasteiger charge is -2.04. The molecule has 2 aromatic heterocycles. The summed E-state index contributed by atoms with van der Waals surface area (Å²) in [6.07, 6.45) is 7.26. The minimum atomic E-state index is -0.222. The number of hydrogen-bond donors (Lipinski definition) is 1. The fourth-order valence-electron chi connectivity index (χ4n) is 3.08. The second-order valence-corrected chi connectivity index (χ2v) is 6.23. The van der Waals surface area contributed by atoms with Gasteiger partial charge in [0.2, 0.25) is 0 Å². The van der Waals surface area contributed by atoms with E-state index in [2.05, 4.69) is 15.6 Å². The van der Waals surface area contributed by atoms with Crippen LogP contribution in [0.3, 0.4) is 0 Å². The maximum absolute atomic E-state index is 12.6. The normalized spacial score (nSPS) is 17.9. The zero-order valence-electron chi connectivity index (χ0n) is 12.6. The molecule has 0 aromatic carbocycles. The lowest BCUT2D eigenvalue weighted by molar-refractivity contribution is 0.101. The molecule has 1 saturated carbocycles. The largest absolute Gasteiger partial charge is 0.360 e. The summed E-state index contributed by atoms with van der Waals surface area (Å²) in [7, 11) is 0. The molecular formula is C16H19N3O3. The van der Waals surface area contributed by atoms with Crippen molar-refractivity contribution in [2.45, 2.75) is 57.8 Å². The minimum absolute atomic E-state index is 0.222. The molecular weight excluding hydrogens is 282 g/mol. The van der Waals surface area contributed by atoms with Gasteiger partial charge in [0.1, 0.15) is 17.1 Å². The van der Waals surface area contributed by atoms with E-state index in [1.165, 1.54) is 6.42 Å². The van der Waals surface area contributed by atoms with Crippen molar-refractivity contribution in [1.82, 2.24) is 10.3 Å². The molecule has 0 radical (unpaired) electrons. The standard InChI is InChI=1S/C16H19N3O3/c1-9-13(15(22-18-9)10-7-8-10)17-16(20)14-11-5-3-2-4-6-12(11)21-19-14/h10H,2-8H2,1H3,(H,17,20). The van der Waals surface area contributed by atoms with Gasteiger partial charge in [-0.05, 0) is 39.0 Å². The maximum Gasteiger partial charge on any atom is 0.278 e. The number of amides is 1. The van der Waals surface area contributed by atoms with Crippen molar-refractivity contribution in [2.24, 2.45) is 0 Å². The first kappa shape index (κ1) is 13.5. The molecule has 1 amide bonds. The van der Waals surface area contributed by atoms with Gasteiger partial charge >= 0.3 is 0 Å². The van der Waals surface area contributed by atoms with Gasteiger partial charge in [0, 0.05) is 17.9 Å². The predicted octanol–water partition coefficient (Wildman–Crippen LogP) is 3.37. The van der Waals surface area contributed by atoms with Gasteiger partial charge < -0.3 is 14.4 Å². The van der Waals surface area contributed by atoms with Gasteiger partial charge in [-0.1, -0.05) is 16.7 Å². The predicted molar refractivity (Wildman–Crippen MR) is 78.9 cm³/mol. The Morgan fingerprint density at radius 1 is 1.14 bits per heavy atom. The quantitative estimate of drug-likeness (QED) is 0.879. The van der Waals surface area contributed by atoms with E-state index in [1.54, 1.807) is 0 Å². The SMILES string of the molecule is Cc1noc(C2CC2)c1NC(=O)c1noc2c1CCCCC2. The highest BCUT2D eigenvalue weighted by Crippen LogP contribution is 2.44.